The number of pyridine rings is 1. The summed E-state index contributed by atoms with van der Waals surface area (Å²) in [5.74, 6) is 0.293. The smallest absolute Gasteiger partial charge is 0.143 e. The lowest BCUT2D eigenvalue weighted by molar-refractivity contribution is 0.474. The summed E-state index contributed by atoms with van der Waals surface area (Å²) in [6, 6.07) is 11.1. The van der Waals surface area contributed by atoms with Gasteiger partial charge in [-0.2, -0.15) is 0 Å². The molecule has 0 amide bonds. The molecule has 0 atom stereocenters. The highest BCUT2D eigenvalue weighted by molar-refractivity contribution is 7.18. The molecule has 1 N–H and O–H groups in total. The Labute approximate surface area is 102 Å². The second-order valence-corrected chi connectivity index (χ2v) is 4.84. The third kappa shape index (κ3) is 2.12. The van der Waals surface area contributed by atoms with Crippen LogP contribution in [0.25, 0.3) is 10.3 Å². The predicted molar refractivity (Wildman–Crippen MR) is 68.3 cm³/mol. The second kappa shape index (κ2) is 4.14. The summed E-state index contributed by atoms with van der Waals surface area (Å²) < 4.78 is 0. The molecule has 3 nitrogen and oxygen atoms in total. The minimum atomic E-state index is 0.293. The maximum atomic E-state index is 9.40. The van der Waals surface area contributed by atoms with Crippen LogP contribution in [0.15, 0.2) is 42.6 Å². The molecule has 3 rings (SSSR count). The van der Waals surface area contributed by atoms with Crippen molar-refractivity contribution in [2.75, 3.05) is 0 Å². The fourth-order valence-corrected chi connectivity index (χ4v) is 2.67. The van der Waals surface area contributed by atoms with Gasteiger partial charge in [-0.05, 0) is 29.8 Å². The summed E-state index contributed by atoms with van der Waals surface area (Å²) in [5.41, 5.74) is 2.00. The van der Waals surface area contributed by atoms with Crippen molar-refractivity contribution in [3.63, 3.8) is 0 Å². The Morgan fingerprint density at radius 1 is 1.18 bits per heavy atom. The molecule has 0 radical (unpaired) electrons. The first-order valence-corrected chi connectivity index (χ1v) is 6.11. The highest BCUT2D eigenvalue weighted by Gasteiger charge is 2.05. The van der Waals surface area contributed by atoms with Crippen molar-refractivity contribution in [2.24, 2.45) is 0 Å². The fraction of sp³-hybridized carbons (Fsp3) is 0.0769. The SMILES string of the molecule is Oc1cccc(Cc2nc3cccnc3s2)c1. The summed E-state index contributed by atoms with van der Waals surface area (Å²) in [6.07, 6.45) is 2.51. The monoisotopic (exact) mass is 242 g/mol. The van der Waals surface area contributed by atoms with Gasteiger partial charge in [-0.15, -0.1) is 0 Å². The van der Waals surface area contributed by atoms with Crippen LogP contribution in [-0.4, -0.2) is 15.1 Å². The van der Waals surface area contributed by atoms with Gasteiger partial charge in [-0.25, -0.2) is 9.97 Å². The number of thiazole rings is 1. The van der Waals surface area contributed by atoms with Gasteiger partial charge in [-0.1, -0.05) is 23.5 Å². The molecule has 0 saturated carbocycles. The third-order valence-corrected chi connectivity index (χ3v) is 3.46. The molecule has 0 spiro atoms. The lowest BCUT2D eigenvalue weighted by Crippen LogP contribution is -1.85. The van der Waals surface area contributed by atoms with Gasteiger partial charge in [-0.3, -0.25) is 0 Å². The molecule has 2 aromatic heterocycles. The number of phenolic OH excluding ortho intramolecular Hbond substituents is 1. The summed E-state index contributed by atoms with van der Waals surface area (Å²) in [6.45, 7) is 0. The quantitative estimate of drug-likeness (QED) is 0.751. The summed E-state index contributed by atoms with van der Waals surface area (Å²) >= 11 is 1.59. The molecule has 0 aliphatic rings. The average molecular weight is 242 g/mol. The highest BCUT2D eigenvalue weighted by Crippen LogP contribution is 2.22. The van der Waals surface area contributed by atoms with Crippen LogP contribution in [0, 0.1) is 0 Å². The molecule has 0 unspecified atom stereocenters. The number of benzene rings is 1. The number of phenols is 1. The molecular formula is C13H10N2OS. The van der Waals surface area contributed by atoms with Gasteiger partial charge in [0.15, 0.2) is 0 Å². The van der Waals surface area contributed by atoms with E-state index in [9.17, 15) is 5.11 Å². The molecule has 17 heavy (non-hydrogen) atoms. The van der Waals surface area contributed by atoms with Crippen molar-refractivity contribution in [1.82, 2.24) is 9.97 Å². The Bertz CT molecular complexity index is 630. The minimum Gasteiger partial charge on any atom is -0.508 e. The number of nitrogens with zero attached hydrogens (tertiary/aromatic N) is 2. The maximum Gasteiger partial charge on any atom is 0.143 e. The van der Waals surface area contributed by atoms with Gasteiger partial charge < -0.3 is 5.11 Å². The van der Waals surface area contributed by atoms with E-state index in [0.717, 1.165) is 27.3 Å². The van der Waals surface area contributed by atoms with Crippen LogP contribution in [-0.2, 0) is 6.42 Å². The molecule has 3 aromatic rings. The minimum absolute atomic E-state index is 0.293. The van der Waals surface area contributed by atoms with E-state index in [1.165, 1.54) is 0 Å². The molecule has 84 valence electrons. The Hall–Kier alpha value is -1.94. The van der Waals surface area contributed by atoms with Crippen molar-refractivity contribution >= 4 is 21.7 Å². The van der Waals surface area contributed by atoms with E-state index < -0.39 is 0 Å². The van der Waals surface area contributed by atoms with E-state index in [-0.39, 0.29) is 0 Å². The van der Waals surface area contributed by atoms with Crippen LogP contribution in [0.5, 0.6) is 5.75 Å². The first-order valence-electron chi connectivity index (χ1n) is 5.29. The zero-order chi connectivity index (χ0) is 11.7. The first kappa shape index (κ1) is 10.2. The van der Waals surface area contributed by atoms with E-state index in [4.69, 9.17) is 0 Å². The van der Waals surface area contributed by atoms with Crippen molar-refractivity contribution in [1.29, 1.82) is 0 Å². The molecule has 4 heteroatoms. The Kier molecular flexibility index (Phi) is 2.49. The molecule has 0 bridgehead atoms. The number of hydrogen-bond acceptors (Lipinski definition) is 4. The van der Waals surface area contributed by atoms with Crippen LogP contribution >= 0.6 is 11.3 Å². The van der Waals surface area contributed by atoms with Crippen LogP contribution in [0.4, 0.5) is 0 Å². The van der Waals surface area contributed by atoms with Crippen molar-refractivity contribution in [3.8, 4) is 5.75 Å². The Balaban J connectivity index is 1.94. The van der Waals surface area contributed by atoms with E-state index >= 15 is 0 Å². The van der Waals surface area contributed by atoms with Gasteiger partial charge in [0.1, 0.15) is 16.1 Å². The van der Waals surface area contributed by atoms with Gasteiger partial charge in [0.25, 0.3) is 0 Å². The van der Waals surface area contributed by atoms with E-state index in [1.807, 2.05) is 24.3 Å². The number of aromatic nitrogens is 2. The molecule has 1 aromatic carbocycles. The van der Waals surface area contributed by atoms with Crippen molar-refractivity contribution in [2.45, 2.75) is 6.42 Å². The summed E-state index contributed by atoms with van der Waals surface area (Å²) in [4.78, 5) is 9.74. The standard InChI is InChI=1S/C13H10N2OS/c16-10-4-1-3-9(7-10)8-12-15-11-5-2-6-14-13(11)17-12/h1-7,16H,8H2. The van der Waals surface area contributed by atoms with Crippen molar-refractivity contribution < 1.29 is 5.11 Å². The van der Waals surface area contributed by atoms with Crippen LogP contribution in [0.2, 0.25) is 0 Å². The fourth-order valence-electron chi connectivity index (χ4n) is 1.73. The average Bonchev–Trinajstić information content (AvgIpc) is 2.71. The molecule has 0 aliphatic carbocycles. The first-order chi connectivity index (χ1) is 8.31. The number of rotatable bonds is 2. The van der Waals surface area contributed by atoms with Crippen LogP contribution in [0.3, 0.4) is 0 Å². The third-order valence-electron chi connectivity index (χ3n) is 2.48. The zero-order valence-electron chi connectivity index (χ0n) is 9.00. The van der Waals surface area contributed by atoms with Crippen molar-refractivity contribution in [3.05, 3.63) is 53.2 Å². The van der Waals surface area contributed by atoms with E-state index in [0.29, 0.717) is 5.75 Å². The van der Waals surface area contributed by atoms with Crippen LogP contribution < -0.4 is 0 Å². The molecule has 0 saturated heterocycles. The van der Waals surface area contributed by atoms with Crippen LogP contribution in [0.1, 0.15) is 10.6 Å². The zero-order valence-corrected chi connectivity index (χ0v) is 9.81. The molecular weight excluding hydrogens is 232 g/mol. The Morgan fingerprint density at radius 2 is 2.12 bits per heavy atom. The largest absolute Gasteiger partial charge is 0.508 e. The predicted octanol–water partition coefficient (Wildman–Crippen LogP) is 2.99. The number of fused-ring (bicyclic) bond motifs is 1. The van der Waals surface area contributed by atoms with Gasteiger partial charge in [0.2, 0.25) is 0 Å². The molecule has 0 aliphatic heterocycles. The number of aromatic hydroxyl groups is 1. The lowest BCUT2D eigenvalue weighted by atomic mass is 10.1. The maximum absolute atomic E-state index is 9.40. The summed E-state index contributed by atoms with van der Waals surface area (Å²) in [7, 11) is 0. The molecule has 0 fully saturated rings. The van der Waals surface area contributed by atoms with Gasteiger partial charge >= 0.3 is 0 Å². The Morgan fingerprint density at radius 3 is 2.94 bits per heavy atom. The normalized spacial score (nSPS) is 10.8. The number of hydrogen-bond donors (Lipinski definition) is 1. The van der Waals surface area contributed by atoms with Gasteiger partial charge in [0, 0.05) is 12.6 Å². The highest BCUT2D eigenvalue weighted by atomic mass is 32.1. The topological polar surface area (TPSA) is 46.0 Å². The lowest BCUT2D eigenvalue weighted by Gasteiger charge is -1.97. The van der Waals surface area contributed by atoms with Gasteiger partial charge in [0.05, 0.1) is 5.01 Å². The molecule has 2 heterocycles. The van der Waals surface area contributed by atoms with E-state index in [2.05, 4.69) is 9.97 Å². The summed E-state index contributed by atoms with van der Waals surface area (Å²) in [5, 5.41) is 10.4. The van der Waals surface area contributed by atoms with E-state index in [1.54, 1.807) is 29.7 Å². The second-order valence-electron chi connectivity index (χ2n) is 3.78.